The molecular weight excluding hydrogens is 304 g/mol. The first-order valence-electron chi connectivity index (χ1n) is 7.06. The number of aliphatic hydroxyl groups is 3. The Morgan fingerprint density at radius 2 is 2.00 bits per heavy atom. The number of ether oxygens (including phenoxy) is 1. The third kappa shape index (κ3) is 2.45. The molecule has 0 amide bonds. The summed E-state index contributed by atoms with van der Waals surface area (Å²) in [6.07, 6.45) is -3.87. The SMILES string of the molecule is Cc1cc2cc(C3OC(CO)C(O)C3O)c(=S)[nH]c2nc1C. The maximum atomic E-state index is 10.1. The molecule has 118 valence electrons. The maximum absolute atomic E-state index is 10.1. The van der Waals surface area contributed by atoms with E-state index in [1.807, 2.05) is 26.0 Å². The van der Waals surface area contributed by atoms with Gasteiger partial charge in [0.15, 0.2) is 0 Å². The van der Waals surface area contributed by atoms with Crippen LogP contribution in [-0.2, 0) is 4.74 Å². The highest BCUT2D eigenvalue weighted by Crippen LogP contribution is 2.34. The fourth-order valence-electron chi connectivity index (χ4n) is 2.72. The number of aromatic amines is 1. The van der Waals surface area contributed by atoms with E-state index in [1.54, 1.807) is 0 Å². The summed E-state index contributed by atoms with van der Waals surface area (Å²) in [5, 5.41) is 30.1. The molecule has 0 spiro atoms. The number of aromatic nitrogens is 2. The lowest BCUT2D eigenvalue weighted by Crippen LogP contribution is -2.32. The zero-order valence-electron chi connectivity index (χ0n) is 12.3. The quantitative estimate of drug-likeness (QED) is 0.617. The largest absolute Gasteiger partial charge is 0.394 e. The Kier molecular flexibility index (Phi) is 4.00. The van der Waals surface area contributed by atoms with Crippen LogP contribution < -0.4 is 0 Å². The van der Waals surface area contributed by atoms with Crippen LogP contribution in [0.25, 0.3) is 11.0 Å². The van der Waals surface area contributed by atoms with Gasteiger partial charge in [-0.3, -0.25) is 0 Å². The minimum Gasteiger partial charge on any atom is -0.394 e. The Hall–Kier alpha value is -1.38. The van der Waals surface area contributed by atoms with Crippen LogP contribution in [0, 0.1) is 18.5 Å². The first-order valence-corrected chi connectivity index (χ1v) is 7.47. The van der Waals surface area contributed by atoms with Gasteiger partial charge in [0, 0.05) is 16.6 Å². The minimum absolute atomic E-state index is 0.362. The second-order valence-electron chi connectivity index (χ2n) is 5.64. The van der Waals surface area contributed by atoms with E-state index in [2.05, 4.69) is 9.97 Å². The molecule has 4 unspecified atom stereocenters. The van der Waals surface area contributed by atoms with E-state index in [4.69, 9.17) is 17.0 Å². The average molecular weight is 322 g/mol. The summed E-state index contributed by atoms with van der Waals surface area (Å²) in [7, 11) is 0. The number of pyridine rings is 2. The number of fused-ring (bicyclic) bond motifs is 1. The summed E-state index contributed by atoms with van der Waals surface area (Å²) in [5.74, 6) is 0. The third-order valence-corrected chi connectivity index (χ3v) is 4.49. The standard InChI is InChI=1S/C15H18N2O4S/c1-6-3-8-4-9(15(22)17-14(8)16-7(6)2)13-12(20)11(19)10(5-18)21-13/h3-4,10-13,18-20H,5H2,1-2H3,(H,16,17,22). The van der Waals surface area contributed by atoms with Crippen LogP contribution in [0.2, 0.25) is 0 Å². The molecule has 0 saturated carbocycles. The first-order chi connectivity index (χ1) is 10.4. The number of nitrogens with zero attached hydrogens (tertiary/aromatic N) is 1. The lowest BCUT2D eigenvalue weighted by molar-refractivity contribution is -0.0229. The topological polar surface area (TPSA) is 98.6 Å². The van der Waals surface area contributed by atoms with Crippen molar-refractivity contribution in [3.05, 3.63) is 33.6 Å². The zero-order valence-corrected chi connectivity index (χ0v) is 13.1. The van der Waals surface area contributed by atoms with Crippen LogP contribution in [-0.4, -0.2) is 50.2 Å². The van der Waals surface area contributed by atoms with Crippen molar-refractivity contribution < 1.29 is 20.1 Å². The van der Waals surface area contributed by atoms with Gasteiger partial charge >= 0.3 is 0 Å². The van der Waals surface area contributed by atoms with Gasteiger partial charge in [-0.1, -0.05) is 12.2 Å². The van der Waals surface area contributed by atoms with Crippen molar-refractivity contribution in [2.75, 3.05) is 6.61 Å². The summed E-state index contributed by atoms with van der Waals surface area (Å²) >= 11 is 5.33. The molecule has 3 heterocycles. The van der Waals surface area contributed by atoms with E-state index >= 15 is 0 Å². The Balaban J connectivity index is 2.10. The number of rotatable bonds is 2. The van der Waals surface area contributed by atoms with Crippen molar-refractivity contribution in [2.24, 2.45) is 0 Å². The second kappa shape index (κ2) is 5.68. The van der Waals surface area contributed by atoms with Crippen molar-refractivity contribution >= 4 is 23.3 Å². The van der Waals surface area contributed by atoms with Gasteiger partial charge in [0.05, 0.1) is 6.61 Å². The molecule has 22 heavy (non-hydrogen) atoms. The van der Waals surface area contributed by atoms with Gasteiger partial charge in [0.1, 0.15) is 34.7 Å². The smallest absolute Gasteiger partial charge is 0.138 e. The molecule has 2 aromatic rings. The predicted molar refractivity (Wildman–Crippen MR) is 83.1 cm³/mol. The van der Waals surface area contributed by atoms with Crippen molar-refractivity contribution in [1.29, 1.82) is 0 Å². The molecule has 7 heteroatoms. The number of H-pyrrole nitrogens is 1. The van der Waals surface area contributed by atoms with Gasteiger partial charge in [-0.15, -0.1) is 0 Å². The van der Waals surface area contributed by atoms with Gasteiger partial charge in [0.25, 0.3) is 0 Å². The highest BCUT2D eigenvalue weighted by Gasteiger charge is 2.43. The molecule has 0 radical (unpaired) electrons. The number of hydrogen-bond acceptors (Lipinski definition) is 6. The fourth-order valence-corrected chi connectivity index (χ4v) is 2.99. The summed E-state index contributed by atoms with van der Waals surface area (Å²) in [5.41, 5.74) is 3.21. The predicted octanol–water partition coefficient (Wildman–Crippen LogP) is 1.06. The van der Waals surface area contributed by atoms with E-state index in [9.17, 15) is 15.3 Å². The van der Waals surface area contributed by atoms with Crippen molar-refractivity contribution in [3.63, 3.8) is 0 Å². The number of aryl methyl sites for hydroxylation is 2. The molecule has 6 nitrogen and oxygen atoms in total. The monoisotopic (exact) mass is 322 g/mol. The van der Waals surface area contributed by atoms with Gasteiger partial charge in [-0.25, -0.2) is 4.98 Å². The van der Waals surface area contributed by atoms with E-state index in [0.717, 1.165) is 16.6 Å². The van der Waals surface area contributed by atoms with Gasteiger partial charge in [-0.2, -0.15) is 0 Å². The summed E-state index contributed by atoms with van der Waals surface area (Å²) in [6, 6.07) is 3.79. The van der Waals surface area contributed by atoms with Crippen molar-refractivity contribution in [3.8, 4) is 0 Å². The number of hydrogen-bond donors (Lipinski definition) is 4. The summed E-state index contributed by atoms with van der Waals surface area (Å²) in [4.78, 5) is 7.49. The van der Waals surface area contributed by atoms with Crippen LogP contribution in [0.1, 0.15) is 22.9 Å². The van der Waals surface area contributed by atoms with Crippen LogP contribution in [0.15, 0.2) is 12.1 Å². The van der Waals surface area contributed by atoms with Gasteiger partial charge < -0.3 is 25.0 Å². The Morgan fingerprint density at radius 1 is 1.27 bits per heavy atom. The Bertz CT molecular complexity index is 776. The van der Waals surface area contributed by atoms with E-state index in [-0.39, 0.29) is 6.61 Å². The molecular formula is C15H18N2O4S. The number of aliphatic hydroxyl groups excluding tert-OH is 3. The lowest BCUT2D eigenvalue weighted by Gasteiger charge is -2.16. The molecule has 1 fully saturated rings. The Morgan fingerprint density at radius 3 is 2.64 bits per heavy atom. The molecule has 1 saturated heterocycles. The van der Waals surface area contributed by atoms with Gasteiger partial charge in [-0.05, 0) is 31.5 Å². The van der Waals surface area contributed by atoms with Crippen LogP contribution >= 0.6 is 12.2 Å². The fraction of sp³-hybridized carbons (Fsp3) is 0.467. The Labute approximate surface area is 132 Å². The van der Waals surface area contributed by atoms with E-state index in [1.165, 1.54) is 0 Å². The first kappa shape index (κ1) is 15.5. The highest BCUT2D eigenvalue weighted by molar-refractivity contribution is 7.71. The highest BCUT2D eigenvalue weighted by atomic mass is 32.1. The van der Waals surface area contributed by atoms with E-state index in [0.29, 0.717) is 15.9 Å². The zero-order chi connectivity index (χ0) is 16.0. The third-order valence-electron chi connectivity index (χ3n) is 4.15. The second-order valence-corrected chi connectivity index (χ2v) is 6.05. The van der Waals surface area contributed by atoms with Crippen molar-refractivity contribution in [2.45, 2.75) is 38.3 Å². The van der Waals surface area contributed by atoms with Crippen molar-refractivity contribution in [1.82, 2.24) is 9.97 Å². The van der Waals surface area contributed by atoms with Crippen LogP contribution in [0.3, 0.4) is 0 Å². The lowest BCUT2D eigenvalue weighted by atomic mass is 10.0. The molecule has 1 aliphatic heterocycles. The molecule has 0 bridgehead atoms. The van der Waals surface area contributed by atoms with Crippen LogP contribution in [0.4, 0.5) is 0 Å². The molecule has 1 aliphatic rings. The van der Waals surface area contributed by atoms with Crippen LogP contribution in [0.5, 0.6) is 0 Å². The average Bonchev–Trinajstić information content (AvgIpc) is 2.76. The molecule has 4 atom stereocenters. The van der Waals surface area contributed by atoms with E-state index < -0.39 is 24.4 Å². The van der Waals surface area contributed by atoms with Gasteiger partial charge in [0.2, 0.25) is 0 Å². The number of nitrogens with one attached hydrogen (secondary N) is 1. The normalized spacial score (nSPS) is 28.4. The molecule has 0 aromatic carbocycles. The molecule has 0 aliphatic carbocycles. The molecule has 4 N–H and O–H groups in total. The maximum Gasteiger partial charge on any atom is 0.138 e. The minimum atomic E-state index is -1.14. The summed E-state index contributed by atoms with van der Waals surface area (Å²) < 4.78 is 5.95. The molecule has 3 rings (SSSR count). The summed E-state index contributed by atoms with van der Waals surface area (Å²) in [6.45, 7) is 3.53. The molecule has 2 aromatic heterocycles.